The number of aromatic nitrogens is 2. The van der Waals surface area contributed by atoms with Crippen molar-refractivity contribution in [2.24, 2.45) is 5.73 Å². The molecule has 2 rings (SSSR count). The fourth-order valence-corrected chi connectivity index (χ4v) is 1.59. The van der Waals surface area contributed by atoms with Gasteiger partial charge in [-0.05, 0) is 0 Å². The van der Waals surface area contributed by atoms with E-state index < -0.39 is 0 Å². The Kier molecular flexibility index (Phi) is 2.49. The van der Waals surface area contributed by atoms with E-state index in [0.29, 0.717) is 6.54 Å². The number of fused-ring (bicyclic) bond motifs is 1. The van der Waals surface area contributed by atoms with Gasteiger partial charge in [0.1, 0.15) is 0 Å². The molecule has 0 saturated heterocycles. The van der Waals surface area contributed by atoms with Crippen LogP contribution >= 0.6 is 23.7 Å². The van der Waals surface area contributed by atoms with Crippen molar-refractivity contribution in [3.8, 4) is 0 Å². The maximum Gasteiger partial charge on any atom is 0.193 e. The molecular formula is C6H8ClN3S. The molecule has 2 heterocycles. The van der Waals surface area contributed by atoms with Crippen LogP contribution in [0.25, 0.3) is 4.96 Å². The van der Waals surface area contributed by atoms with Gasteiger partial charge in [-0.3, -0.25) is 4.40 Å². The SMILES string of the molecule is Cl.NCc1cn2ccsc2n1. The van der Waals surface area contributed by atoms with Crippen LogP contribution in [-0.2, 0) is 6.54 Å². The molecule has 0 unspecified atom stereocenters. The van der Waals surface area contributed by atoms with Gasteiger partial charge in [-0.2, -0.15) is 0 Å². The number of hydrogen-bond donors (Lipinski definition) is 1. The molecule has 0 aromatic carbocycles. The lowest BCUT2D eigenvalue weighted by Gasteiger charge is -1.79. The number of nitrogens with two attached hydrogens (primary N) is 1. The van der Waals surface area contributed by atoms with Gasteiger partial charge in [0, 0.05) is 24.3 Å². The Morgan fingerprint density at radius 2 is 2.45 bits per heavy atom. The molecule has 11 heavy (non-hydrogen) atoms. The van der Waals surface area contributed by atoms with E-state index in [1.54, 1.807) is 11.3 Å². The van der Waals surface area contributed by atoms with E-state index in [1.165, 1.54) is 0 Å². The van der Waals surface area contributed by atoms with Crippen molar-refractivity contribution < 1.29 is 0 Å². The van der Waals surface area contributed by atoms with Crippen molar-refractivity contribution in [1.29, 1.82) is 0 Å². The summed E-state index contributed by atoms with van der Waals surface area (Å²) in [6.07, 6.45) is 3.93. The fourth-order valence-electron chi connectivity index (χ4n) is 0.874. The van der Waals surface area contributed by atoms with Crippen LogP contribution in [0.4, 0.5) is 0 Å². The molecule has 60 valence electrons. The lowest BCUT2D eigenvalue weighted by Crippen LogP contribution is -1.95. The minimum absolute atomic E-state index is 0. The van der Waals surface area contributed by atoms with E-state index in [0.717, 1.165) is 10.7 Å². The van der Waals surface area contributed by atoms with E-state index in [9.17, 15) is 0 Å². The quantitative estimate of drug-likeness (QED) is 0.735. The predicted molar refractivity (Wildman–Crippen MR) is 48.2 cm³/mol. The number of thiazole rings is 1. The third-order valence-corrected chi connectivity index (χ3v) is 2.12. The highest BCUT2D eigenvalue weighted by Gasteiger charge is 1.98. The van der Waals surface area contributed by atoms with Crippen LogP contribution < -0.4 is 5.73 Å². The molecule has 2 aromatic rings. The molecule has 0 aliphatic rings. The van der Waals surface area contributed by atoms with Crippen LogP contribution in [0, 0.1) is 0 Å². The second kappa shape index (κ2) is 3.21. The second-order valence-corrected chi connectivity index (χ2v) is 2.90. The largest absolute Gasteiger partial charge is 0.325 e. The first-order valence-electron chi connectivity index (χ1n) is 3.01. The maximum atomic E-state index is 5.40. The smallest absolute Gasteiger partial charge is 0.193 e. The normalized spacial score (nSPS) is 9.91. The molecule has 2 N–H and O–H groups in total. The van der Waals surface area contributed by atoms with Crippen LogP contribution in [0.15, 0.2) is 17.8 Å². The first-order chi connectivity index (χ1) is 4.90. The number of nitrogens with zero attached hydrogens (tertiary/aromatic N) is 2. The lowest BCUT2D eigenvalue weighted by atomic mass is 10.5. The highest BCUT2D eigenvalue weighted by molar-refractivity contribution is 7.15. The molecule has 5 heteroatoms. The maximum absolute atomic E-state index is 5.40. The van der Waals surface area contributed by atoms with E-state index in [2.05, 4.69) is 4.98 Å². The molecule has 0 bridgehead atoms. The van der Waals surface area contributed by atoms with Gasteiger partial charge < -0.3 is 5.73 Å². The first-order valence-corrected chi connectivity index (χ1v) is 3.89. The van der Waals surface area contributed by atoms with Crippen molar-refractivity contribution in [2.45, 2.75) is 6.54 Å². The predicted octanol–water partition coefficient (Wildman–Crippen LogP) is 1.28. The van der Waals surface area contributed by atoms with Gasteiger partial charge in [-0.1, -0.05) is 0 Å². The van der Waals surface area contributed by atoms with E-state index in [4.69, 9.17) is 5.73 Å². The van der Waals surface area contributed by atoms with E-state index in [1.807, 2.05) is 22.2 Å². The Labute approximate surface area is 74.3 Å². The summed E-state index contributed by atoms with van der Waals surface area (Å²) in [6.45, 7) is 0.522. The molecule has 0 saturated carbocycles. The van der Waals surface area contributed by atoms with Gasteiger partial charge in [0.15, 0.2) is 4.96 Å². The van der Waals surface area contributed by atoms with Crippen molar-refractivity contribution in [3.63, 3.8) is 0 Å². The van der Waals surface area contributed by atoms with Crippen LogP contribution in [0.2, 0.25) is 0 Å². The number of imidazole rings is 1. The molecule has 2 aromatic heterocycles. The monoisotopic (exact) mass is 189 g/mol. The Balaban J connectivity index is 0.000000605. The van der Waals surface area contributed by atoms with Crippen LogP contribution in [0.5, 0.6) is 0 Å². The summed E-state index contributed by atoms with van der Waals surface area (Å²) in [4.78, 5) is 5.26. The molecular weight excluding hydrogens is 182 g/mol. The van der Waals surface area contributed by atoms with Gasteiger partial charge in [0.25, 0.3) is 0 Å². The molecule has 0 atom stereocenters. The minimum Gasteiger partial charge on any atom is -0.325 e. The Morgan fingerprint density at radius 3 is 3.09 bits per heavy atom. The minimum atomic E-state index is 0. The highest BCUT2D eigenvalue weighted by atomic mass is 35.5. The van der Waals surface area contributed by atoms with Crippen LogP contribution in [0.3, 0.4) is 0 Å². The summed E-state index contributed by atoms with van der Waals surface area (Å²) in [5.41, 5.74) is 6.35. The summed E-state index contributed by atoms with van der Waals surface area (Å²) >= 11 is 1.62. The molecule has 0 aliphatic heterocycles. The van der Waals surface area contributed by atoms with E-state index >= 15 is 0 Å². The van der Waals surface area contributed by atoms with Crippen molar-refractivity contribution >= 4 is 28.7 Å². The lowest BCUT2D eigenvalue weighted by molar-refractivity contribution is 1.02. The Bertz CT molecular complexity index is 312. The van der Waals surface area contributed by atoms with Crippen LogP contribution in [0.1, 0.15) is 5.69 Å². The van der Waals surface area contributed by atoms with Gasteiger partial charge in [0.05, 0.1) is 5.69 Å². The molecule has 0 radical (unpaired) electrons. The molecule has 0 amide bonds. The van der Waals surface area contributed by atoms with Gasteiger partial charge in [0.2, 0.25) is 0 Å². The molecule has 0 aliphatic carbocycles. The fraction of sp³-hybridized carbons (Fsp3) is 0.167. The Hall–Kier alpha value is -0.580. The average Bonchev–Trinajstić information content (AvgIpc) is 2.42. The van der Waals surface area contributed by atoms with Crippen LogP contribution in [-0.4, -0.2) is 9.38 Å². The van der Waals surface area contributed by atoms with Crippen molar-refractivity contribution in [1.82, 2.24) is 9.38 Å². The highest BCUT2D eigenvalue weighted by Crippen LogP contribution is 2.10. The van der Waals surface area contributed by atoms with Gasteiger partial charge in [-0.25, -0.2) is 4.98 Å². The summed E-state index contributed by atoms with van der Waals surface area (Å²) in [7, 11) is 0. The van der Waals surface area contributed by atoms with Gasteiger partial charge >= 0.3 is 0 Å². The summed E-state index contributed by atoms with van der Waals surface area (Å²) in [5.74, 6) is 0. The number of rotatable bonds is 1. The van der Waals surface area contributed by atoms with E-state index in [-0.39, 0.29) is 12.4 Å². The standard InChI is InChI=1S/C6H7N3S.ClH/c7-3-5-4-9-1-2-10-6(9)8-5;/h1-2,4H,3,7H2;1H. The zero-order chi connectivity index (χ0) is 6.97. The molecule has 0 fully saturated rings. The van der Waals surface area contributed by atoms with Gasteiger partial charge in [-0.15, -0.1) is 23.7 Å². The average molecular weight is 190 g/mol. The van der Waals surface area contributed by atoms with Crippen molar-refractivity contribution in [3.05, 3.63) is 23.5 Å². The second-order valence-electron chi connectivity index (χ2n) is 2.03. The Morgan fingerprint density at radius 1 is 1.64 bits per heavy atom. The zero-order valence-electron chi connectivity index (χ0n) is 5.73. The van der Waals surface area contributed by atoms with Crippen molar-refractivity contribution in [2.75, 3.05) is 0 Å². The topological polar surface area (TPSA) is 43.3 Å². The summed E-state index contributed by atoms with van der Waals surface area (Å²) in [6, 6.07) is 0. The first kappa shape index (κ1) is 8.52. The third-order valence-electron chi connectivity index (χ3n) is 1.35. The molecule has 3 nitrogen and oxygen atoms in total. The third kappa shape index (κ3) is 1.38. The zero-order valence-corrected chi connectivity index (χ0v) is 7.36. The molecule has 0 spiro atoms. The number of halogens is 1. The number of hydrogen-bond acceptors (Lipinski definition) is 3. The summed E-state index contributed by atoms with van der Waals surface area (Å²) < 4.78 is 1.98. The summed E-state index contributed by atoms with van der Waals surface area (Å²) in [5, 5.41) is 2.00.